The van der Waals surface area contributed by atoms with E-state index >= 15 is 0 Å². The first-order valence-corrected chi connectivity index (χ1v) is 8.07. The Morgan fingerprint density at radius 1 is 0.880 bits per heavy atom. The molecule has 3 N–H and O–H groups in total. The molecule has 0 aliphatic heterocycles. The number of aromatic nitrogens is 2. The van der Waals surface area contributed by atoms with Gasteiger partial charge in [0.25, 0.3) is 0 Å². The minimum Gasteiger partial charge on any atom is -0.339 e. The van der Waals surface area contributed by atoms with Gasteiger partial charge in [0.1, 0.15) is 5.82 Å². The molecular formula is C17H13ClFN5S. The van der Waals surface area contributed by atoms with Gasteiger partial charge < -0.3 is 16.0 Å². The van der Waals surface area contributed by atoms with E-state index in [4.69, 9.17) is 23.8 Å². The Labute approximate surface area is 154 Å². The Balaban J connectivity index is 1.58. The van der Waals surface area contributed by atoms with Gasteiger partial charge in [0.15, 0.2) is 16.1 Å². The van der Waals surface area contributed by atoms with Crippen molar-refractivity contribution in [3.63, 3.8) is 0 Å². The number of halogens is 2. The summed E-state index contributed by atoms with van der Waals surface area (Å²) < 4.78 is 13.2. The monoisotopic (exact) mass is 373 g/mol. The van der Waals surface area contributed by atoms with E-state index in [9.17, 15) is 4.39 Å². The zero-order valence-corrected chi connectivity index (χ0v) is 14.4. The van der Waals surface area contributed by atoms with Crippen molar-refractivity contribution in [2.24, 2.45) is 0 Å². The fourth-order valence-corrected chi connectivity index (χ4v) is 2.36. The van der Waals surface area contributed by atoms with Crippen molar-refractivity contribution in [1.29, 1.82) is 0 Å². The van der Waals surface area contributed by atoms with E-state index in [1.54, 1.807) is 24.3 Å². The lowest BCUT2D eigenvalue weighted by molar-refractivity contribution is 0.628. The number of anilines is 4. The second-order valence-corrected chi connectivity index (χ2v) is 5.83. The number of hydrogen-bond acceptors (Lipinski definition) is 4. The largest absolute Gasteiger partial charge is 0.339 e. The molecule has 0 radical (unpaired) electrons. The van der Waals surface area contributed by atoms with Crippen molar-refractivity contribution in [1.82, 2.24) is 10.2 Å². The van der Waals surface area contributed by atoms with E-state index in [1.807, 2.05) is 24.3 Å². The van der Waals surface area contributed by atoms with Crippen molar-refractivity contribution in [2.75, 3.05) is 16.0 Å². The van der Waals surface area contributed by atoms with E-state index in [-0.39, 0.29) is 5.82 Å². The van der Waals surface area contributed by atoms with Crippen LogP contribution in [0.15, 0.2) is 60.7 Å². The molecule has 3 aromatic rings. The van der Waals surface area contributed by atoms with Crippen LogP contribution >= 0.6 is 23.8 Å². The van der Waals surface area contributed by atoms with Crippen LogP contribution in [0.5, 0.6) is 0 Å². The van der Waals surface area contributed by atoms with E-state index in [2.05, 4.69) is 26.1 Å². The third-order valence-electron chi connectivity index (χ3n) is 3.13. The van der Waals surface area contributed by atoms with Crippen LogP contribution in [-0.2, 0) is 0 Å². The molecule has 1 heterocycles. The summed E-state index contributed by atoms with van der Waals surface area (Å²) in [5, 5.41) is 17.5. The first-order chi connectivity index (χ1) is 12.1. The molecule has 0 aliphatic carbocycles. The number of thiocarbonyl (C=S) groups is 1. The van der Waals surface area contributed by atoms with Gasteiger partial charge in [-0.3, -0.25) is 0 Å². The topological polar surface area (TPSA) is 61.9 Å². The Morgan fingerprint density at radius 2 is 1.60 bits per heavy atom. The maximum atomic E-state index is 13.2. The number of hydrogen-bond donors (Lipinski definition) is 3. The zero-order chi connectivity index (χ0) is 17.6. The summed E-state index contributed by atoms with van der Waals surface area (Å²) >= 11 is 10.9. The maximum absolute atomic E-state index is 13.2. The molecule has 0 saturated heterocycles. The maximum Gasteiger partial charge on any atom is 0.175 e. The predicted molar refractivity (Wildman–Crippen MR) is 103 cm³/mol. The molecule has 8 heteroatoms. The predicted octanol–water partition coefficient (Wildman–Crippen LogP) is 4.82. The molecule has 0 unspecified atom stereocenters. The summed E-state index contributed by atoms with van der Waals surface area (Å²) in [7, 11) is 0. The second kappa shape index (κ2) is 7.87. The third-order valence-corrected chi connectivity index (χ3v) is 3.54. The molecule has 2 aromatic carbocycles. The summed E-state index contributed by atoms with van der Waals surface area (Å²) in [6.07, 6.45) is 0. The Kier molecular flexibility index (Phi) is 5.37. The molecule has 126 valence electrons. The molecule has 3 rings (SSSR count). The lowest BCUT2D eigenvalue weighted by atomic mass is 10.3. The number of rotatable bonds is 4. The van der Waals surface area contributed by atoms with E-state index in [0.29, 0.717) is 21.8 Å². The average molecular weight is 374 g/mol. The van der Waals surface area contributed by atoms with Gasteiger partial charge in [0, 0.05) is 17.1 Å². The van der Waals surface area contributed by atoms with Crippen LogP contribution in [0.3, 0.4) is 0 Å². The van der Waals surface area contributed by atoms with Gasteiger partial charge in [-0.25, -0.2) is 4.39 Å². The van der Waals surface area contributed by atoms with Gasteiger partial charge in [-0.2, -0.15) is 0 Å². The van der Waals surface area contributed by atoms with Gasteiger partial charge in [-0.15, -0.1) is 10.2 Å². The second-order valence-electron chi connectivity index (χ2n) is 5.03. The molecule has 1 aromatic heterocycles. The molecule has 0 aliphatic rings. The smallest absolute Gasteiger partial charge is 0.175 e. The SMILES string of the molecule is Fc1cccc(NC(=S)Nc2ccc(Nc3ccc(Cl)nn3)cc2)c1. The van der Waals surface area contributed by atoms with Crippen LogP contribution in [-0.4, -0.2) is 15.3 Å². The molecule has 5 nitrogen and oxygen atoms in total. The van der Waals surface area contributed by atoms with Crippen molar-refractivity contribution >= 4 is 51.8 Å². The number of nitrogens with one attached hydrogen (secondary N) is 3. The third kappa shape index (κ3) is 5.10. The molecule has 0 fully saturated rings. The first kappa shape index (κ1) is 17.1. The molecular weight excluding hydrogens is 361 g/mol. The Hall–Kier alpha value is -2.77. The van der Waals surface area contributed by atoms with Gasteiger partial charge >= 0.3 is 0 Å². The summed E-state index contributed by atoms with van der Waals surface area (Å²) in [5.41, 5.74) is 2.21. The average Bonchev–Trinajstić information content (AvgIpc) is 2.59. The molecule has 0 bridgehead atoms. The van der Waals surface area contributed by atoms with Crippen LogP contribution in [0.1, 0.15) is 0 Å². The molecule has 25 heavy (non-hydrogen) atoms. The van der Waals surface area contributed by atoms with Gasteiger partial charge in [0.2, 0.25) is 0 Å². The minimum atomic E-state index is -0.325. The molecule has 0 atom stereocenters. The fourth-order valence-electron chi connectivity index (χ4n) is 2.03. The van der Waals surface area contributed by atoms with Crippen LogP contribution in [0, 0.1) is 5.82 Å². The first-order valence-electron chi connectivity index (χ1n) is 7.28. The highest BCUT2D eigenvalue weighted by Crippen LogP contribution is 2.18. The van der Waals surface area contributed by atoms with E-state index < -0.39 is 0 Å². The summed E-state index contributed by atoms with van der Waals surface area (Å²) in [4.78, 5) is 0. The molecule has 0 saturated carbocycles. The number of nitrogens with zero attached hydrogens (tertiary/aromatic N) is 2. The van der Waals surface area contributed by atoms with Crippen LogP contribution < -0.4 is 16.0 Å². The van der Waals surface area contributed by atoms with Crippen molar-refractivity contribution in [3.8, 4) is 0 Å². The highest BCUT2D eigenvalue weighted by atomic mass is 35.5. The lowest BCUT2D eigenvalue weighted by Crippen LogP contribution is -2.19. The summed E-state index contributed by atoms with van der Waals surface area (Å²) in [6.45, 7) is 0. The van der Waals surface area contributed by atoms with Crippen LogP contribution in [0.25, 0.3) is 0 Å². The van der Waals surface area contributed by atoms with Gasteiger partial charge in [0.05, 0.1) is 0 Å². The van der Waals surface area contributed by atoms with E-state index in [1.165, 1.54) is 12.1 Å². The molecule has 0 amide bonds. The quantitative estimate of drug-likeness (QED) is 0.570. The highest BCUT2D eigenvalue weighted by molar-refractivity contribution is 7.80. The fraction of sp³-hybridized carbons (Fsp3) is 0. The van der Waals surface area contributed by atoms with E-state index in [0.717, 1.165) is 11.4 Å². The minimum absolute atomic E-state index is 0.325. The van der Waals surface area contributed by atoms with Crippen molar-refractivity contribution < 1.29 is 4.39 Å². The Morgan fingerprint density at radius 3 is 2.28 bits per heavy atom. The van der Waals surface area contributed by atoms with Crippen LogP contribution in [0.4, 0.5) is 27.3 Å². The summed E-state index contributed by atoms with van der Waals surface area (Å²) in [5.74, 6) is 0.266. The zero-order valence-electron chi connectivity index (χ0n) is 12.8. The van der Waals surface area contributed by atoms with Crippen molar-refractivity contribution in [2.45, 2.75) is 0 Å². The van der Waals surface area contributed by atoms with Gasteiger partial charge in [-0.05, 0) is 66.8 Å². The van der Waals surface area contributed by atoms with Crippen molar-refractivity contribution in [3.05, 3.63) is 71.6 Å². The highest BCUT2D eigenvalue weighted by Gasteiger charge is 2.02. The Bertz CT molecular complexity index is 871. The van der Waals surface area contributed by atoms with Crippen LogP contribution in [0.2, 0.25) is 5.15 Å². The molecule has 0 spiro atoms. The van der Waals surface area contributed by atoms with Gasteiger partial charge in [-0.1, -0.05) is 17.7 Å². The lowest BCUT2D eigenvalue weighted by Gasteiger charge is -2.11. The standard InChI is InChI=1S/C17H13ClFN5S/c18-15-8-9-16(24-23-15)20-12-4-6-13(7-5-12)21-17(25)22-14-3-1-2-11(19)10-14/h1-10H,(H,20,24)(H2,21,22,25). The number of benzene rings is 2. The summed E-state index contributed by atoms with van der Waals surface area (Å²) in [6, 6.07) is 16.9. The normalized spacial score (nSPS) is 10.2.